The molecule has 3 aliphatic rings. The van der Waals surface area contributed by atoms with E-state index in [0.717, 1.165) is 55.5 Å². The summed E-state index contributed by atoms with van der Waals surface area (Å²) in [6, 6.07) is 3.07. The van der Waals surface area contributed by atoms with Crippen molar-refractivity contribution in [3.05, 3.63) is 57.4 Å². The number of halogens is 2. The summed E-state index contributed by atoms with van der Waals surface area (Å²) in [5, 5.41) is 0. The first kappa shape index (κ1) is 32.2. The van der Waals surface area contributed by atoms with Gasteiger partial charge in [-0.05, 0) is 91.6 Å². The van der Waals surface area contributed by atoms with Crippen molar-refractivity contribution in [2.75, 3.05) is 31.3 Å². The van der Waals surface area contributed by atoms with Crippen LogP contribution in [0.1, 0.15) is 132 Å². The third-order valence-electron chi connectivity index (χ3n) is 9.87. The smallest absolute Gasteiger partial charge is 0.138 e. The van der Waals surface area contributed by atoms with Crippen LogP contribution in [0.2, 0.25) is 0 Å². The van der Waals surface area contributed by atoms with E-state index in [-0.39, 0.29) is 27.1 Å². The van der Waals surface area contributed by atoms with Gasteiger partial charge < -0.3 is 8.92 Å². The standard InChI is InChI=1S/C35H53F2NO2S2/c1-21(2)30-28-29(27-25(38-30)19-34(6,7)20-26(27)40-42(11,12)33(3,4)5)35(15-13-14-16-35)39-31(28)22-17-23(36)32(24(37)18-22)41(8,9)10/h17-18,21,26,31H,13-16,19-20H2,1-12H3. The lowest BCUT2D eigenvalue weighted by molar-refractivity contribution is -0.0579. The molecule has 1 saturated carbocycles. The van der Waals surface area contributed by atoms with Crippen LogP contribution in [-0.4, -0.2) is 41.0 Å². The second-order valence-electron chi connectivity index (χ2n) is 16.1. The zero-order valence-corrected chi connectivity index (χ0v) is 29.6. The van der Waals surface area contributed by atoms with Crippen LogP contribution in [0, 0.1) is 17.0 Å². The molecule has 42 heavy (non-hydrogen) atoms. The molecule has 2 unspecified atom stereocenters. The third kappa shape index (κ3) is 5.47. The average Bonchev–Trinajstić information content (AvgIpc) is 3.40. The highest BCUT2D eigenvalue weighted by Crippen LogP contribution is 2.64. The molecular formula is C35H53F2NO2S2. The molecule has 0 saturated heterocycles. The van der Waals surface area contributed by atoms with Crippen LogP contribution >= 0.6 is 20.3 Å². The van der Waals surface area contributed by atoms with Gasteiger partial charge in [-0.15, -0.1) is 10.3 Å². The predicted molar refractivity (Wildman–Crippen MR) is 177 cm³/mol. The molecule has 2 aliphatic carbocycles. The van der Waals surface area contributed by atoms with E-state index in [2.05, 4.69) is 61.0 Å². The predicted octanol–water partition coefficient (Wildman–Crippen LogP) is 10.2. The molecule has 1 aliphatic heterocycles. The molecule has 7 heteroatoms. The molecule has 0 radical (unpaired) electrons. The lowest BCUT2D eigenvalue weighted by Crippen LogP contribution is -2.35. The number of hydrogen-bond acceptors (Lipinski definition) is 3. The van der Waals surface area contributed by atoms with E-state index in [4.69, 9.17) is 13.9 Å². The molecule has 2 atom stereocenters. The molecule has 1 spiro atoms. The number of hydrogen-bond donors (Lipinski definition) is 0. The Labute approximate surface area is 256 Å². The summed E-state index contributed by atoms with van der Waals surface area (Å²) in [5.74, 6) is -0.804. The normalized spacial score (nSPS) is 24.3. The van der Waals surface area contributed by atoms with Crippen LogP contribution in [0.15, 0.2) is 17.0 Å². The molecule has 5 rings (SSSR count). The molecule has 0 bridgehead atoms. The van der Waals surface area contributed by atoms with Crippen molar-refractivity contribution in [3.63, 3.8) is 0 Å². The highest BCUT2D eigenvalue weighted by molar-refractivity contribution is 8.32. The summed E-state index contributed by atoms with van der Waals surface area (Å²) in [6.07, 6.45) is 15.4. The van der Waals surface area contributed by atoms with Crippen LogP contribution in [0.3, 0.4) is 0 Å². The molecule has 236 valence electrons. The van der Waals surface area contributed by atoms with Crippen molar-refractivity contribution in [2.45, 2.75) is 120 Å². The number of ether oxygens (including phenoxy) is 1. The van der Waals surface area contributed by atoms with Gasteiger partial charge in [0.2, 0.25) is 0 Å². The Morgan fingerprint density at radius 3 is 2.05 bits per heavy atom. The van der Waals surface area contributed by atoms with E-state index in [1.807, 2.05) is 18.8 Å². The van der Waals surface area contributed by atoms with Crippen LogP contribution in [0.5, 0.6) is 0 Å². The molecule has 2 aromatic rings. The highest BCUT2D eigenvalue weighted by Gasteiger charge is 2.54. The number of pyridine rings is 1. The SMILES string of the molecule is CC(C)c1nc2c(c3c1C(c1cc(F)c(S(C)(C)C)c(F)c1)OC31CCCC1)C(OS(C)(C)C(C)(C)C)CC(C)(C)C2. The second kappa shape index (κ2) is 10.5. The molecule has 0 N–H and O–H groups in total. The first-order valence-electron chi connectivity index (χ1n) is 15.5. The molecule has 0 amide bonds. The summed E-state index contributed by atoms with van der Waals surface area (Å²) < 4.78 is 45.7. The summed E-state index contributed by atoms with van der Waals surface area (Å²) in [7, 11) is -3.02. The van der Waals surface area contributed by atoms with E-state index in [0.29, 0.717) is 5.56 Å². The van der Waals surface area contributed by atoms with Crippen molar-refractivity contribution in [1.82, 2.24) is 4.98 Å². The zero-order chi connectivity index (χ0) is 31.2. The van der Waals surface area contributed by atoms with Crippen LogP contribution in [0.4, 0.5) is 8.78 Å². The monoisotopic (exact) mass is 621 g/mol. The number of benzene rings is 1. The largest absolute Gasteiger partial charge is 0.358 e. The van der Waals surface area contributed by atoms with Gasteiger partial charge in [-0.2, -0.15) is 0 Å². The van der Waals surface area contributed by atoms with Gasteiger partial charge in [-0.25, -0.2) is 18.8 Å². The minimum Gasteiger partial charge on any atom is -0.358 e. The zero-order valence-electron chi connectivity index (χ0n) is 28.0. The van der Waals surface area contributed by atoms with E-state index in [9.17, 15) is 0 Å². The first-order chi connectivity index (χ1) is 19.2. The lowest BCUT2D eigenvalue weighted by Gasteiger charge is -2.49. The maximum atomic E-state index is 15.7. The Hall–Kier alpha value is -1.15. The quantitative estimate of drug-likeness (QED) is 0.333. The molecule has 3 nitrogen and oxygen atoms in total. The number of fused-ring (bicyclic) bond motifs is 4. The van der Waals surface area contributed by atoms with E-state index >= 15 is 8.78 Å². The maximum Gasteiger partial charge on any atom is 0.138 e. The summed E-state index contributed by atoms with van der Waals surface area (Å²) in [4.78, 5) is 5.62. The highest BCUT2D eigenvalue weighted by atomic mass is 32.3. The van der Waals surface area contributed by atoms with Crippen LogP contribution < -0.4 is 0 Å². The molecular weight excluding hydrogens is 569 g/mol. The van der Waals surface area contributed by atoms with E-state index in [1.165, 1.54) is 23.3 Å². The molecule has 1 aromatic heterocycles. The third-order valence-corrected chi connectivity index (χ3v) is 15.2. The Bertz CT molecular complexity index is 1360. The number of aromatic nitrogens is 1. The van der Waals surface area contributed by atoms with Crippen molar-refractivity contribution in [3.8, 4) is 0 Å². The Kier molecular flexibility index (Phi) is 8.03. The average molecular weight is 622 g/mol. The van der Waals surface area contributed by atoms with Gasteiger partial charge in [0.25, 0.3) is 0 Å². The molecule has 1 aromatic carbocycles. The topological polar surface area (TPSA) is 31.4 Å². The number of rotatable bonds is 5. The summed E-state index contributed by atoms with van der Waals surface area (Å²) >= 11 is 0. The van der Waals surface area contributed by atoms with Gasteiger partial charge in [0.05, 0.1) is 16.6 Å². The molecule has 1 fully saturated rings. The van der Waals surface area contributed by atoms with Gasteiger partial charge in [-0.3, -0.25) is 4.98 Å². The van der Waals surface area contributed by atoms with E-state index in [1.54, 1.807) is 0 Å². The van der Waals surface area contributed by atoms with Crippen LogP contribution in [0.25, 0.3) is 0 Å². The maximum absolute atomic E-state index is 15.7. The fourth-order valence-corrected chi connectivity index (χ4v) is 9.54. The minimum absolute atomic E-state index is 0.0130. The fraction of sp³-hybridized carbons (Fsp3) is 0.686. The van der Waals surface area contributed by atoms with Crippen molar-refractivity contribution in [1.29, 1.82) is 0 Å². The van der Waals surface area contributed by atoms with Crippen molar-refractivity contribution < 1.29 is 17.7 Å². The Morgan fingerprint density at radius 1 is 0.976 bits per heavy atom. The van der Waals surface area contributed by atoms with Gasteiger partial charge in [0, 0.05) is 27.3 Å². The van der Waals surface area contributed by atoms with Gasteiger partial charge in [0.1, 0.15) is 17.7 Å². The number of nitrogens with zero attached hydrogens (tertiary/aromatic N) is 1. The minimum atomic E-state index is -1.59. The summed E-state index contributed by atoms with van der Waals surface area (Å²) in [6.45, 7) is 15.8. The van der Waals surface area contributed by atoms with Crippen molar-refractivity contribution >= 4 is 20.3 Å². The van der Waals surface area contributed by atoms with Gasteiger partial charge in [0.15, 0.2) is 0 Å². The lowest BCUT2D eigenvalue weighted by atomic mass is 9.70. The molecule has 2 heterocycles. The first-order valence-corrected chi connectivity index (χ1v) is 20.7. The summed E-state index contributed by atoms with van der Waals surface area (Å²) in [5.41, 5.74) is 5.72. The van der Waals surface area contributed by atoms with Crippen molar-refractivity contribution in [2.24, 2.45) is 5.41 Å². The Balaban J connectivity index is 1.79. The van der Waals surface area contributed by atoms with Gasteiger partial charge >= 0.3 is 0 Å². The van der Waals surface area contributed by atoms with Gasteiger partial charge in [-0.1, -0.05) is 61.3 Å². The second-order valence-corrected chi connectivity index (χ2v) is 24.1. The Morgan fingerprint density at radius 2 is 1.55 bits per heavy atom. The fourth-order valence-electron chi connectivity index (χ4n) is 7.22. The van der Waals surface area contributed by atoms with E-state index < -0.39 is 43.7 Å². The van der Waals surface area contributed by atoms with Crippen LogP contribution in [-0.2, 0) is 20.9 Å².